The van der Waals surface area contributed by atoms with Gasteiger partial charge in [-0.05, 0) is 72.8 Å². The Morgan fingerprint density at radius 3 is 2.61 bits per heavy atom. The van der Waals surface area contributed by atoms with Crippen molar-refractivity contribution in [3.05, 3.63) is 94.7 Å². The summed E-state index contributed by atoms with van der Waals surface area (Å²) in [5.41, 5.74) is 7.53. The molecule has 2 aliphatic heterocycles. The molecule has 1 spiro atoms. The molecule has 0 radical (unpaired) electrons. The minimum absolute atomic E-state index is 0. The number of amides is 1. The average Bonchev–Trinajstić information content (AvgIpc) is 3.52. The number of rotatable bonds is 5. The molecule has 1 aromatic heterocycles. The first-order valence-electron chi connectivity index (χ1n) is 13.5. The minimum atomic E-state index is -0.401. The lowest BCUT2D eigenvalue weighted by molar-refractivity contribution is -0.120. The molecule has 3 aromatic carbocycles. The number of halogens is 1. The average molecular weight is 525 g/mol. The van der Waals surface area contributed by atoms with Crippen LogP contribution in [-0.4, -0.2) is 41.1 Å². The zero-order chi connectivity index (χ0) is 25.0. The summed E-state index contributed by atoms with van der Waals surface area (Å²) >= 11 is 0. The molecule has 1 saturated heterocycles. The van der Waals surface area contributed by atoms with E-state index in [-0.39, 0.29) is 24.2 Å². The maximum Gasteiger partial charge on any atom is 0.238 e. The van der Waals surface area contributed by atoms with Crippen LogP contribution in [0.3, 0.4) is 0 Å². The second kappa shape index (κ2) is 9.72. The Morgan fingerprint density at radius 2 is 1.79 bits per heavy atom. The van der Waals surface area contributed by atoms with Crippen LogP contribution >= 0.6 is 12.4 Å². The van der Waals surface area contributed by atoms with Gasteiger partial charge in [0.05, 0.1) is 16.6 Å². The number of H-pyrrole nitrogens is 1. The van der Waals surface area contributed by atoms with Crippen molar-refractivity contribution in [3.63, 3.8) is 0 Å². The highest BCUT2D eigenvalue weighted by Gasteiger charge is 2.66. The Bertz CT molecular complexity index is 1520. The van der Waals surface area contributed by atoms with Crippen LogP contribution in [0.1, 0.15) is 59.5 Å². The molecule has 0 bridgehead atoms. The summed E-state index contributed by atoms with van der Waals surface area (Å²) in [6.07, 6.45) is 9.11. The molecule has 1 N–H and O–H groups in total. The predicted molar refractivity (Wildman–Crippen MR) is 157 cm³/mol. The van der Waals surface area contributed by atoms with Gasteiger partial charge < -0.3 is 4.90 Å². The Balaban J connectivity index is 0.00000264. The molecular formula is C32H33ClN4O. The number of carbonyl (C=O) groups excluding carboxylic acids is 1. The molecule has 2 atom stereocenters. The lowest BCUT2D eigenvalue weighted by Gasteiger charge is -2.26. The van der Waals surface area contributed by atoms with Crippen LogP contribution < -0.4 is 4.90 Å². The van der Waals surface area contributed by atoms with Crippen LogP contribution in [0.5, 0.6) is 0 Å². The van der Waals surface area contributed by atoms with Gasteiger partial charge in [-0.1, -0.05) is 67.1 Å². The van der Waals surface area contributed by atoms with Gasteiger partial charge in [0.1, 0.15) is 0 Å². The van der Waals surface area contributed by atoms with Crippen molar-refractivity contribution in [2.45, 2.75) is 43.6 Å². The molecule has 3 heterocycles. The van der Waals surface area contributed by atoms with Gasteiger partial charge in [-0.15, -0.1) is 12.4 Å². The van der Waals surface area contributed by atoms with Gasteiger partial charge in [0.2, 0.25) is 5.91 Å². The Hall–Kier alpha value is -3.41. The molecule has 0 unspecified atom stereocenters. The van der Waals surface area contributed by atoms with E-state index in [1.54, 1.807) is 0 Å². The van der Waals surface area contributed by atoms with Crippen LogP contribution in [0.25, 0.3) is 23.1 Å². The summed E-state index contributed by atoms with van der Waals surface area (Å²) in [6, 6.07) is 23.6. The fourth-order valence-corrected chi connectivity index (χ4v) is 6.55. The number of para-hydroxylation sites is 1. The van der Waals surface area contributed by atoms with E-state index in [0.717, 1.165) is 35.2 Å². The van der Waals surface area contributed by atoms with Crippen LogP contribution in [-0.2, 0) is 16.8 Å². The normalized spacial score (nSPS) is 22.8. The number of hydrogen-bond acceptors (Lipinski definition) is 3. The predicted octanol–water partition coefficient (Wildman–Crippen LogP) is 6.54. The quantitative estimate of drug-likeness (QED) is 0.322. The van der Waals surface area contributed by atoms with Gasteiger partial charge in [-0.2, -0.15) is 5.10 Å². The fourth-order valence-electron chi connectivity index (χ4n) is 6.55. The third-order valence-electron chi connectivity index (χ3n) is 8.68. The molecule has 4 aromatic rings. The maximum absolute atomic E-state index is 13.2. The Morgan fingerprint density at radius 1 is 1.00 bits per heavy atom. The molecule has 38 heavy (non-hydrogen) atoms. The van der Waals surface area contributed by atoms with E-state index < -0.39 is 5.41 Å². The van der Waals surface area contributed by atoms with E-state index in [4.69, 9.17) is 0 Å². The van der Waals surface area contributed by atoms with Crippen molar-refractivity contribution < 1.29 is 4.79 Å². The Labute approximate surface area is 229 Å². The van der Waals surface area contributed by atoms with Gasteiger partial charge in [-0.25, -0.2) is 0 Å². The first-order chi connectivity index (χ1) is 18.1. The summed E-state index contributed by atoms with van der Waals surface area (Å²) in [7, 11) is 1.89. The zero-order valence-electron chi connectivity index (χ0n) is 21.7. The summed E-state index contributed by atoms with van der Waals surface area (Å²) in [6.45, 7) is 3.49. The number of aromatic amines is 1. The maximum atomic E-state index is 13.2. The topological polar surface area (TPSA) is 52.2 Å². The molecule has 5 nitrogen and oxygen atoms in total. The lowest BCUT2D eigenvalue weighted by Crippen LogP contribution is -2.29. The summed E-state index contributed by atoms with van der Waals surface area (Å²) in [5.74, 6) is 0.426. The largest absolute Gasteiger partial charge is 0.314 e. The smallest absolute Gasteiger partial charge is 0.238 e. The van der Waals surface area contributed by atoms with E-state index in [1.807, 2.05) is 24.1 Å². The van der Waals surface area contributed by atoms with Crippen LogP contribution in [0.2, 0.25) is 0 Å². The second-order valence-electron chi connectivity index (χ2n) is 10.9. The molecule has 6 heteroatoms. The number of carbonyl (C=O) groups is 1. The van der Waals surface area contributed by atoms with Crippen LogP contribution in [0, 0.1) is 0 Å². The molecule has 2 fully saturated rings. The molecule has 194 valence electrons. The van der Waals surface area contributed by atoms with Crippen molar-refractivity contribution in [1.29, 1.82) is 0 Å². The number of likely N-dealkylation sites (tertiary alicyclic amines) is 1. The van der Waals surface area contributed by atoms with Crippen molar-refractivity contribution in [2.75, 3.05) is 25.0 Å². The minimum Gasteiger partial charge on any atom is -0.314 e. The molecule has 3 aliphatic rings. The van der Waals surface area contributed by atoms with Crippen molar-refractivity contribution >= 4 is 47.1 Å². The van der Waals surface area contributed by atoms with Crippen LogP contribution in [0.4, 0.5) is 5.69 Å². The summed E-state index contributed by atoms with van der Waals surface area (Å²) < 4.78 is 0. The molecule has 1 aliphatic carbocycles. The molecule has 1 amide bonds. The van der Waals surface area contributed by atoms with Crippen molar-refractivity contribution in [1.82, 2.24) is 15.1 Å². The second-order valence-corrected chi connectivity index (χ2v) is 10.9. The summed E-state index contributed by atoms with van der Waals surface area (Å²) in [5, 5.41) is 8.91. The number of anilines is 1. The van der Waals surface area contributed by atoms with Crippen molar-refractivity contribution in [3.8, 4) is 0 Å². The van der Waals surface area contributed by atoms with Gasteiger partial charge >= 0.3 is 0 Å². The standard InChI is InChI=1S/C32H32N4O.ClH/c1-35-30-8-4-3-7-26(30)32(31(35)37)20-27(32)24-14-15-25-28(33-34-29(25)19-24)16-13-22-9-11-23(12-10-22)21-36-17-5-2-6-18-36;/h3-4,7-16,19,27H,2,5-6,17-18,20-21H2,1H3,(H,33,34);1H/t27-,32-;/m0./s1. The van der Waals surface area contributed by atoms with Gasteiger partial charge in [0.25, 0.3) is 0 Å². The Kier molecular flexibility index (Phi) is 6.37. The molecule has 7 rings (SSSR count). The summed E-state index contributed by atoms with van der Waals surface area (Å²) in [4.78, 5) is 17.6. The van der Waals surface area contributed by atoms with Crippen molar-refractivity contribution in [2.24, 2.45) is 0 Å². The number of fused-ring (bicyclic) bond motifs is 3. The SMILES string of the molecule is CN1C(=O)[C@@]2(C[C@H]2c2ccc3c(C=Cc4ccc(CN5CCCCC5)cc4)n[nH]c3c2)c2ccccc21.Cl. The fraction of sp³-hybridized carbons (Fsp3) is 0.312. The highest BCUT2D eigenvalue weighted by Crippen LogP contribution is 2.66. The number of likely N-dealkylation sites (N-methyl/N-ethyl adjacent to an activating group) is 1. The van der Waals surface area contributed by atoms with E-state index in [1.165, 1.54) is 54.6 Å². The number of piperidine rings is 1. The lowest BCUT2D eigenvalue weighted by atomic mass is 9.92. The van der Waals surface area contributed by atoms with Gasteiger partial charge in [-0.3, -0.25) is 14.8 Å². The van der Waals surface area contributed by atoms with Gasteiger partial charge in [0.15, 0.2) is 0 Å². The molecule has 1 saturated carbocycles. The third kappa shape index (κ3) is 4.05. The number of nitrogens with zero attached hydrogens (tertiary/aromatic N) is 3. The number of aromatic nitrogens is 2. The first-order valence-corrected chi connectivity index (χ1v) is 13.5. The third-order valence-corrected chi connectivity index (χ3v) is 8.68. The van der Waals surface area contributed by atoms with E-state index >= 15 is 0 Å². The van der Waals surface area contributed by atoms with E-state index in [2.05, 4.69) is 81.8 Å². The number of nitrogens with one attached hydrogen (secondary N) is 1. The number of hydrogen-bond donors (Lipinski definition) is 1. The van der Waals surface area contributed by atoms with E-state index in [0.29, 0.717) is 0 Å². The van der Waals surface area contributed by atoms with Gasteiger partial charge in [0, 0.05) is 30.6 Å². The molecular weight excluding hydrogens is 492 g/mol. The van der Waals surface area contributed by atoms with Crippen LogP contribution in [0.15, 0.2) is 66.7 Å². The highest BCUT2D eigenvalue weighted by molar-refractivity contribution is 6.11. The highest BCUT2D eigenvalue weighted by atomic mass is 35.5. The zero-order valence-corrected chi connectivity index (χ0v) is 22.5. The monoisotopic (exact) mass is 524 g/mol. The van der Waals surface area contributed by atoms with E-state index in [9.17, 15) is 4.79 Å². The number of benzene rings is 3. The first kappa shape index (κ1) is 24.9.